The second-order valence-electron chi connectivity index (χ2n) is 7.85. The Kier molecular flexibility index (Phi) is 12.8. The second kappa shape index (κ2) is 13.3. The molecule has 0 heterocycles. The molecule has 0 saturated carbocycles. The summed E-state index contributed by atoms with van der Waals surface area (Å²) in [6, 6.07) is 5.99. The Morgan fingerprint density at radius 3 is 1.62 bits per heavy atom. The van der Waals surface area contributed by atoms with Crippen molar-refractivity contribution in [2.45, 2.75) is 63.2 Å². The lowest BCUT2D eigenvalue weighted by Crippen LogP contribution is -2.35. The molecule has 0 aromatic heterocycles. The van der Waals surface area contributed by atoms with E-state index in [2.05, 4.69) is 21.1 Å². The molecule has 5 nitrogen and oxygen atoms in total. The fraction of sp³-hybridized carbons (Fsp3) is 0.700. The van der Waals surface area contributed by atoms with Crippen LogP contribution < -0.4 is 0 Å². The fourth-order valence-corrected chi connectivity index (χ4v) is 2.95. The minimum absolute atomic E-state index is 0.0666. The van der Waals surface area contributed by atoms with Crippen LogP contribution in [-0.4, -0.2) is 56.9 Å². The largest absolute Gasteiger partial charge is 0.396 e. The van der Waals surface area contributed by atoms with E-state index in [0.717, 1.165) is 16.5 Å². The number of unbranched alkanes of at least 4 members (excludes halogenated alkanes) is 7. The van der Waals surface area contributed by atoms with Gasteiger partial charge in [-0.2, -0.15) is 8.42 Å². The first-order chi connectivity index (χ1) is 12.1. The van der Waals surface area contributed by atoms with Crippen molar-refractivity contribution in [1.82, 2.24) is 0 Å². The van der Waals surface area contributed by atoms with Crippen molar-refractivity contribution >= 4 is 10.1 Å². The Bertz CT molecular complexity index is 562. The molecule has 0 bridgehead atoms. The molecule has 0 aliphatic carbocycles. The summed E-state index contributed by atoms with van der Waals surface area (Å²) in [7, 11) is 2.76. The summed E-state index contributed by atoms with van der Waals surface area (Å²) in [5, 5.41) is 8.61. The molecule has 0 aliphatic heterocycles. The van der Waals surface area contributed by atoms with E-state index in [4.69, 9.17) is 9.66 Å². The van der Waals surface area contributed by atoms with Crippen LogP contribution in [0.2, 0.25) is 0 Å². The van der Waals surface area contributed by atoms with Gasteiger partial charge in [-0.05, 0) is 38.3 Å². The molecule has 1 aromatic rings. The Hall–Kier alpha value is -0.950. The number of hydrogen-bond donors (Lipinski definition) is 2. The lowest BCUT2D eigenvalue weighted by atomic mass is 10.1. The highest BCUT2D eigenvalue weighted by Crippen LogP contribution is 2.09. The molecule has 0 aliphatic rings. The lowest BCUT2D eigenvalue weighted by Gasteiger charge is -2.23. The van der Waals surface area contributed by atoms with E-state index in [0.29, 0.717) is 6.61 Å². The number of benzene rings is 1. The Labute approximate surface area is 160 Å². The van der Waals surface area contributed by atoms with Crippen LogP contribution in [0.4, 0.5) is 0 Å². The van der Waals surface area contributed by atoms with Crippen molar-refractivity contribution < 1.29 is 22.6 Å². The topological polar surface area (TPSA) is 74.6 Å². The van der Waals surface area contributed by atoms with Gasteiger partial charge in [0.15, 0.2) is 0 Å². The van der Waals surface area contributed by atoms with Gasteiger partial charge in [-0.3, -0.25) is 4.55 Å². The van der Waals surface area contributed by atoms with E-state index in [9.17, 15) is 8.42 Å². The maximum atomic E-state index is 10.5. The summed E-state index contributed by atoms with van der Waals surface area (Å²) < 4.78 is 30.6. The van der Waals surface area contributed by atoms with E-state index in [1.54, 1.807) is 12.1 Å². The average molecular weight is 389 g/mol. The van der Waals surface area contributed by atoms with Crippen LogP contribution in [0.1, 0.15) is 56.9 Å². The molecule has 2 N–H and O–H groups in total. The first kappa shape index (κ1) is 25.1. The van der Waals surface area contributed by atoms with Crippen LogP contribution in [0.25, 0.3) is 0 Å². The second-order valence-corrected chi connectivity index (χ2v) is 9.28. The van der Waals surface area contributed by atoms with Gasteiger partial charge in [0.25, 0.3) is 10.1 Å². The van der Waals surface area contributed by atoms with Gasteiger partial charge in [-0.1, -0.05) is 49.8 Å². The van der Waals surface area contributed by atoms with Crippen LogP contribution >= 0.6 is 0 Å². The zero-order chi connectivity index (χ0) is 20.1. The summed E-state index contributed by atoms with van der Waals surface area (Å²) in [6.07, 6.45) is 10.4. The summed E-state index contributed by atoms with van der Waals surface area (Å²) in [6.45, 7) is 3.50. The highest BCUT2D eigenvalue weighted by Gasteiger charge is 2.07. The molecule has 1 rings (SSSR count). The quantitative estimate of drug-likeness (QED) is 0.341. The molecule has 0 fully saturated rings. The summed E-state index contributed by atoms with van der Waals surface area (Å²) in [5.41, 5.74) is 0.956. The molecule has 0 radical (unpaired) electrons. The number of aliphatic hydroxyl groups is 1. The number of aryl methyl sites for hydroxylation is 1. The minimum Gasteiger partial charge on any atom is -0.396 e. The summed E-state index contributed by atoms with van der Waals surface area (Å²) >= 11 is 0. The highest BCUT2D eigenvalue weighted by atomic mass is 32.2. The molecule has 6 heteroatoms. The zero-order valence-electron chi connectivity index (χ0n) is 16.9. The molecule has 1 aromatic carbocycles. The predicted molar refractivity (Wildman–Crippen MR) is 108 cm³/mol. The van der Waals surface area contributed by atoms with Gasteiger partial charge < -0.3 is 9.59 Å². The Balaban J connectivity index is 0.000000502. The van der Waals surface area contributed by atoms with Crippen molar-refractivity contribution in [2.75, 3.05) is 34.3 Å². The van der Waals surface area contributed by atoms with Crippen LogP contribution in [0.3, 0.4) is 0 Å². The van der Waals surface area contributed by atoms with Crippen molar-refractivity contribution in [1.29, 1.82) is 0 Å². The van der Waals surface area contributed by atoms with Crippen LogP contribution in [0.15, 0.2) is 29.2 Å². The smallest absolute Gasteiger partial charge is 0.294 e. The first-order valence-electron chi connectivity index (χ1n) is 9.52. The fourth-order valence-electron chi connectivity index (χ4n) is 2.47. The Morgan fingerprint density at radius 2 is 1.23 bits per heavy atom. The van der Waals surface area contributed by atoms with Crippen molar-refractivity contribution in [2.24, 2.45) is 0 Å². The van der Waals surface area contributed by atoms with Gasteiger partial charge in [0, 0.05) is 6.61 Å². The number of hydrogen-bond acceptors (Lipinski definition) is 3. The van der Waals surface area contributed by atoms with E-state index in [-0.39, 0.29) is 4.90 Å². The highest BCUT2D eigenvalue weighted by molar-refractivity contribution is 7.85. The standard InChI is InChI=1S/C13H30NO.C7H8O3S/c1-14(2,3)12-10-8-6-4-5-7-9-11-13-15;1-6-2-4-7(5-3-6)11(8,9)10/h15H,4-13H2,1-3H3;2-5H,1H3,(H,8,9,10)/q+1;. The van der Waals surface area contributed by atoms with Gasteiger partial charge in [-0.15, -0.1) is 0 Å². The van der Waals surface area contributed by atoms with Gasteiger partial charge in [0.05, 0.1) is 32.6 Å². The maximum absolute atomic E-state index is 10.5. The summed E-state index contributed by atoms with van der Waals surface area (Å²) in [5.74, 6) is 0. The van der Waals surface area contributed by atoms with Crippen LogP contribution in [0, 0.1) is 6.92 Å². The average Bonchev–Trinajstić information content (AvgIpc) is 2.52. The molecular formula is C20H38NO4S+. The number of rotatable bonds is 11. The van der Waals surface area contributed by atoms with Crippen LogP contribution in [-0.2, 0) is 10.1 Å². The van der Waals surface area contributed by atoms with E-state index in [1.165, 1.54) is 63.6 Å². The third-order valence-corrected chi connectivity index (χ3v) is 4.92. The summed E-state index contributed by atoms with van der Waals surface area (Å²) in [4.78, 5) is -0.0666. The first-order valence-corrected chi connectivity index (χ1v) is 11.0. The van der Waals surface area contributed by atoms with Gasteiger partial charge in [0.1, 0.15) is 0 Å². The molecule has 0 spiro atoms. The minimum atomic E-state index is -4.02. The normalized spacial score (nSPS) is 11.8. The number of aliphatic hydroxyl groups excluding tert-OH is 1. The third-order valence-electron chi connectivity index (χ3n) is 4.06. The number of nitrogens with zero attached hydrogens (tertiary/aromatic N) is 1. The molecule has 0 unspecified atom stereocenters. The Morgan fingerprint density at radius 1 is 0.808 bits per heavy atom. The molecule has 0 saturated heterocycles. The number of quaternary nitrogens is 1. The molecule has 0 atom stereocenters. The van der Waals surface area contributed by atoms with E-state index < -0.39 is 10.1 Å². The third kappa shape index (κ3) is 15.3. The monoisotopic (exact) mass is 388 g/mol. The molecule has 26 heavy (non-hydrogen) atoms. The SMILES string of the molecule is C[N+](C)(C)CCCCCCCCCCO.Cc1ccc(S(=O)(=O)O)cc1. The van der Waals surface area contributed by atoms with Crippen molar-refractivity contribution in [3.8, 4) is 0 Å². The molecular weight excluding hydrogens is 350 g/mol. The van der Waals surface area contributed by atoms with Crippen molar-refractivity contribution in [3.05, 3.63) is 29.8 Å². The predicted octanol–water partition coefficient (Wildman–Crippen LogP) is 4.05. The van der Waals surface area contributed by atoms with Crippen molar-refractivity contribution in [3.63, 3.8) is 0 Å². The maximum Gasteiger partial charge on any atom is 0.294 e. The van der Waals surface area contributed by atoms with Gasteiger partial charge >= 0.3 is 0 Å². The molecule has 0 amide bonds. The van der Waals surface area contributed by atoms with Gasteiger partial charge in [-0.25, -0.2) is 0 Å². The van der Waals surface area contributed by atoms with Gasteiger partial charge in [0.2, 0.25) is 0 Å². The van der Waals surface area contributed by atoms with E-state index in [1.807, 2.05) is 6.92 Å². The van der Waals surface area contributed by atoms with Crippen LogP contribution in [0.5, 0.6) is 0 Å². The zero-order valence-corrected chi connectivity index (χ0v) is 17.8. The lowest BCUT2D eigenvalue weighted by molar-refractivity contribution is -0.870. The molecule has 152 valence electrons. The van der Waals surface area contributed by atoms with E-state index >= 15 is 0 Å².